The first-order chi connectivity index (χ1) is 11.2. The summed E-state index contributed by atoms with van der Waals surface area (Å²) in [5.74, 6) is 1.18. The van der Waals surface area contributed by atoms with Crippen LogP contribution in [-0.4, -0.2) is 15.6 Å². The Bertz CT molecular complexity index is 833. The zero-order valence-electron chi connectivity index (χ0n) is 13.8. The van der Waals surface area contributed by atoms with Crippen molar-refractivity contribution in [1.29, 1.82) is 0 Å². The minimum Gasteiger partial charge on any atom is -0.382 e. The molecule has 1 aliphatic rings. The summed E-state index contributed by atoms with van der Waals surface area (Å²) in [6, 6.07) is 15.6. The molecule has 0 radical (unpaired) electrons. The summed E-state index contributed by atoms with van der Waals surface area (Å²) < 4.78 is 2.26. The molecule has 0 bridgehead atoms. The number of anilines is 1. The van der Waals surface area contributed by atoms with Gasteiger partial charge in [0.1, 0.15) is 5.82 Å². The topological polar surface area (TPSA) is 29.9 Å². The maximum atomic E-state index is 4.99. The Balaban J connectivity index is 1.67. The highest BCUT2D eigenvalue weighted by molar-refractivity contribution is 5.85. The number of aryl methyl sites for hydroxylation is 4. The molecule has 3 aromatic rings. The molecule has 0 spiro atoms. The predicted octanol–water partition coefficient (Wildman–Crippen LogP) is 4.11. The summed E-state index contributed by atoms with van der Waals surface area (Å²) in [7, 11) is 2.14. The van der Waals surface area contributed by atoms with Gasteiger partial charge in [0.15, 0.2) is 0 Å². The van der Waals surface area contributed by atoms with Gasteiger partial charge in [0.25, 0.3) is 0 Å². The van der Waals surface area contributed by atoms with E-state index in [1.165, 1.54) is 40.1 Å². The van der Waals surface area contributed by atoms with E-state index in [0.717, 1.165) is 19.3 Å². The van der Waals surface area contributed by atoms with E-state index in [1.807, 2.05) is 0 Å². The SMILES string of the molecule is C[C@H]1CCc2c(ccc3c2nc(CCc2ccccc2)n3C)N1. The number of nitrogens with one attached hydrogen (secondary N) is 1. The van der Waals surface area contributed by atoms with Gasteiger partial charge in [0.2, 0.25) is 0 Å². The van der Waals surface area contributed by atoms with Crippen molar-refractivity contribution < 1.29 is 0 Å². The molecule has 118 valence electrons. The molecular formula is C20H23N3. The zero-order valence-corrected chi connectivity index (χ0v) is 13.8. The van der Waals surface area contributed by atoms with Crippen molar-refractivity contribution in [2.75, 3.05) is 5.32 Å². The quantitative estimate of drug-likeness (QED) is 0.789. The van der Waals surface area contributed by atoms with E-state index in [0.29, 0.717) is 6.04 Å². The molecule has 1 aromatic heterocycles. The lowest BCUT2D eigenvalue weighted by Gasteiger charge is -2.24. The van der Waals surface area contributed by atoms with Gasteiger partial charge in [-0.15, -0.1) is 0 Å². The fraction of sp³-hybridized carbons (Fsp3) is 0.350. The maximum absolute atomic E-state index is 4.99. The Labute approximate surface area is 137 Å². The molecule has 23 heavy (non-hydrogen) atoms. The number of fused-ring (bicyclic) bond motifs is 3. The normalized spacial score (nSPS) is 17.0. The monoisotopic (exact) mass is 305 g/mol. The summed E-state index contributed by atoms with van der Waals surface area (Å²) >= 11 is 0. The van der Waals surface area contributed by atoms with E-state index < -0.39 is 0 Å². The van der Waals surface area contributed by atoms with Crippen molar-refractivity contribution in [1.82, 2.24) is 9.55 Å². The molecule has 3 heteroatoms. The van der Waals surface area contributed by atoms with Crippen LogP contribution in [0.25, 0.3) is 11.0 Å². The largest absolute Gasteiger partial charge is 0.382 e. The number of hydrogen-bond acceptors (Lipinski definition) is 2. The third kappa shape index (κ3) is 2.61. The molecular weight excluding hydrogens is 282 g/mol. The van der Waals surface area contributed by atoms with Crippen molar-refractivity contribution in [2.45, 2.75) is 38.6 Å². The minimum atomic E-state index is 0.557. The first kappa shape index (κ1) is 14.3. The lowest BCUT2D eigenvalue weighted by atomic mass is 9.98. The lowest BCUT2D eigenvalue weighted by molar-refractivity contribution is 0.683. The van der Waals surface area contributed by atoms with E-state index in [1.54, 1.807) is 0 Å². The van der Waals surface area contributed by atoms with Crippen molar-refractivity contribution in [3.05, 3.63) is 59.4 Å². The number of aromatic nitrogens is 2. The van der Waals surface area contributed by atoms with Crippen LogP contribution in [0, 0.1) is 0 Å². The van der Waals surface area contributed by atoms with Crippen LogP contribution in [0.15, 0.2) is 42.5 Å². The number of benzene rings is 2. The molecule has 0 aliphatic carbocycles. The fourth-order valence-electron chi connectivity index (χ4n) is 3.57. The summed E-state index contributed by atoms with van der Waals surface area (Å²) in [5.41, 5.74) is 6.47. The maximum Gasteiger partial charge on any atom is 0.109 e. The molecule has 0 unspecified atom stereocenters. The van der Waals surface area contributed by atoms with Crippen molar-refractivity contribution >= 4 is 16.7 Å². The van der Waals surface area contributed by atoms with Gasteiger partial charge in [0.05, 0.1) is 11.0 Å². The highest BCUT2D eigenvalue weighted by atomic mass is 15.1. The summed E-state index contributed by atoms with van der Waals surface area (Å²) in [6.07, 6.45) is 4.32. The summed E-state index contributed by atoms with van der Waals surface area (Å²) in [6.45, 7) is 2.25. The standard InChI is InChI=1S/C20H23N3/c1-14-8-10-16-17(21-14)11-12-18-20(16)22-19(23(18)2)13-9-15-6-4-3-5-7-15/h3-7,11-12,14,21H,8-10,13H2,1-2H3/t14-/m0/s1. The Morgan fingerprint density at radius 2 is 1.96 bits per heavy atom. The Morgan fingerprint density at radius 1 is 1.13 bits per heavy atom. The molecule has 3 nitrogen and oxygen atoms in total. The van der Waals surface area contributed by atoms with Gasteiger partial charge in [-0.05, 0) is 43.9 Å². The third-order valence-electron chi connectivity index (χ3n) is 4.96. The fourth-order valence-corrected chi connectivity index (χ4v) is 3.57. The van der Waals surface area contributed by atoms with E-state index in [4.69, 9.17) is 4.98 Å². The average molecular weight is 305 g/mol. The van der Waals surface area contributed by atoms with Gasteiger partial charge in [-0.1, -0.05) is 30.3 Å². The average Bonchev–Trinajstić information content (AvgIpc) is 2.90. The van der Waals surface area contributed by atoms with Gasteiger partial charge in [0, 0.05) is 30.8 Å². The molecule has 1 atom stereocenters. The van der Waals surface area contributed by atoms with Gasteiger partial charge in [-0.25, -0.2) is 4.98 Å². The molecule has 2 aromatic carbocycles. The van der Waals surface area contributed by atoms with E-state index in [2.05, 4.69) is 66.3 Å². The van der Waals surface area contributed by atoms with Crippen LogP contribution in [-0.2, 0) is 26.3 Å². The number of rotatable bonds is 3. The summed E-state index contributed by atoms with van der Waals surface area (Å²) in [5, 5.41) is 3.59. The molecule has 0 saturated carbocycles. The molecule has 2 heterocycles. The highest BCUT2D eigenvalue weighted by Crippen LogP contribution is 2.31. The number of imidazole rings is 1. The first-order valence-corrected chi connectivity index (χ1v) is 8.50. The van der Waals surface area contributed by atoms with Crippen molar-refractivity contribution in [3.63, 3.8) is 0 Å². The van der Waals surface area contributed by atoms with Crippen LogP contribution >= 0.6 is 0 Å². The van der Waals surface area contributed by atoms with Crippen molar-refractivity contribution in [2.24, 2.45) is 7.05 Å². The van der Waals surface area contributed by atoms with E-state index in [-0.39, 0.29) is 0 Å². The van der Waals surface area contributed by atoms with Crippen LogP contribution < -0.4 is 5.32 Å². The predicted molar refractivity (Wildman–Crippen MR) is 96.0 cm³/mol. The molecule has 0 saturated heterocycles. The zero-order chi connectivity index (χ0) is 15.8. The Morgan fingerprint density at radius 3 is 2.78 bits per heavy atom. The Hall–Kier alpha value is -2.29. The van der Waals surface area contributed by atoms with Crippen LogP contribution in [0.1, 0.15) is 30.3 Å². The first-order valence-electron chi connectivity index (χ1n) is 8.50. The summed E-state index contributed by atoms with van der Waals surface area (Å²) in [4.78, 5) is 4.99. The second-order valence-electron chi connectivity index (χ2n) is 6.62. The number of nitrogens with zero attached hydrogens (tertiary/aromatic N) is 2. The van der Waals surface area contributed by atoms with E-state index >= 15 is 0 Å². The molecule has 0 amide bonds. The van der Waals surface area contributed by atoms with Crippen LogP contribution in [0.2, 0.25) is 0 Å². The lowest BCUT2D eigenvalue weighted by Crippen LogP contribution is -2.22. The Kier molecular flexibility index (Phi) is 3.56. The van der Waals surface area contributed by atoms with Crippen LogP contribution in [0.5, 0.6) is 0 Å². The molecule has 1 N–H and O–H groups in total. The smallest absolute Gasteiger partial charge is 0.109 e. The second kappa shape index (κ2) is 5.73. The molecule has 1 aliphatic heterocycles. The van der Waals surface area contributed by atoms with Gasteiger partial charge in [-0.2, -0.15) is 0 Å². The third-order valence-corrected chi connectivity index (χ3v) is 4.96. The van der Waals surface area contributed by atoms with E-state index in [9.17, 15) is 0 Å². The number of hydrogen-bond donors (Lipinski definition) is 1. The van der Waals surface area contributed by atoms with Gasteiger partial charge >= 0.3 is 0 Å². The van der Waals surface area contributed by atoms with Crippen LogP contribution in [0.4, 0.5) is 5.69 Å². The van der Waals surface area contributed by atoms with Crippen molar-refractivity contribution in [3.8, 4) is 0 Å². The minimum absolute atomic E-state index is 0.557. The van der Waals surface area contributed by atoms with Gasteiger partial charge < -0.3 is 9.88 Å². The molecule has 4 rings (SSSR count). The molecule has 0 fully saturated rings. The van der Waals surface area contributed by atoms with Crippen LogP contribution in [0.3, 0.4) is 0 Å². The van der Waals surface area contributed by atoms with Gasteiger partial charge in [-0.3, -0.25) is 0 Å². The highest BCUT2D eigenvalue weighted by Gasteiger charge is 2.19. The second-order valence-corrected chi connectivity index (χ2v) is 6.62.